The van der Waals surface area contributed by atoms with Crippen molar-refractivity contribution in [2.24, 2.45) is 5.92 Å². The summed E-state index contributed by atoms with van der Waals surface area (Å²) in [6.45, 7) is 6.51. The molecule has 13 nitrogen and oxygen atoms in total. The van der Waals surface area contributed by atoms with Crippen LogP contribution >= 0.6 is 11.8 Å². The highest BCUT2D eigenvalue weighted by molar-refractivity contribution is 7.99. The Morgan fingerprint density at radius 1 is 0.740 bits per heavy atom. The van der Waals surface area contributed by atoms with Crippen molar-refractivity contribution in [1.29, 1.82) is 0 Å². The van der Waals surface area contributed by atoms with Crippen molar-refractivity contribution in [1.82, 2.24) is 15.1 Å². The summed E-state index contributed by atoms with van der Waals surface area (Å²) in [6.07, 6.45) is 3.66. The highest BCUT2D eigenvalue weighted by atomic mass is 32.2. The van der Waals surface area contributed by atoms with Crippen LogP contribution in [0, 0.1) is 16.0 Å². The largest absolute Gasteiger partial charge is 0.371 e. The summed E-state index contributed by atoms with van der Waals surface area (Å²) in [4.78, 5) is 71.4. The molecule has 0 radical (unpaired) electrons. The van der Waals surface area contributed by atoms with Gasteiger partial charge < -0.3 is 15.1 Å². The van der Waals surface area contributed by atoms with Crippen molar-refractivity contribution in [3.05, 3.63) is 75.8 Å². The van der Waals surface area contributed by atoms with E-state index in [0.717, 1.165) is 96.8 Å². The van der Waals surface area contributed by atoms with E-state index in [-0.39, 0.29) is 29.4 Å². The molecule has 5 aliphatic heterocycles. The number of hydrogen-bond donors (Lipinski definition) is 2. The molecule has 3 saturated heterocycles. The second-order valence-corrected chi connectivity index (χ2v) is 14.7. The lowest BCUT2D eigenvalue weighted by Gasteiger charge is -2.38. The van der Waals surface area contributed by atoms with E-state index in [0.29, 0.717) is 17.0 Å². The van der Waals surface area contributed by atoms with Gasteiger partial charge in [0.2, 0.25) is 11.8 Å². The summed E-state index contributed by atoms with van der Waals surface area (Å²) in [5.41, 5.74) is 4.69. The fourth-order valence-electron chi connectivity index (χ4n) is 7.70. The summed E-state index contributed by atoms with van der Waals surface area (Å²) >= 11 is 1.57. The molecule has 14 heteroatoms. The number of piperidine rings is 2. The summed E-state index contributed by atoms with van der Waals surface area (Å²) in [6, 6.07) is 15.8. The predicted octanol–water partition coefficient (Wildman–Crippen LogP) is 4.63. The number of carbonyl (C=O) groups is 4. The van der Waals surface area contributed by atoms with Gasteiger partial charge in [0.25, 0.3) is 17.5 Å². The van der Waals surface area contributed by atoms with Crippen molar-refractivity contribution in [2.75, 3.05) is 60.9 Å². The summed E-state index contributed by atoms with van der Waals surface area (Å²) in [5.74, 6) is -1.29. The number of nitrogens with one attached hydrogen (secondary N) is 2. The second kappa shape index (κ2) is 13.1. The maximum absolute atomic E-state index is 13.3. The Labute approximate surface area is 293 Å². The Morgan fingerprint density at radius 3 is 2.14 bits per heavy atom. The number of nitro groups is 1. The molecule has 3 fully saturated rings. The zero-order valence-corrected chi connectivity index (χ0v) is 28.2. The van der Waals surface area contributed by atoms with Crippen molar-refractivity contribution >= 4 is 63.8 Å². The van der Waals surface area contributed by atoms with Gasteiger partial charge in [0.05, 0.1) is 27.4 Å². The van der Waals surface area contributed by atoms with Crippen molar-refractivity contribution in [2.45, 2.75) is 47.9 Å². The monoisotopic (exact) mass is 695 g/mol. The highest BCUT2D eigenvalue weighted by Gasteiger charge is 2.44. The lowest BCUT2D eigenvalue weighted by atomic mass is 9.93. The number of piperazine rings is 1. The van der Waals surface area contributed by atoms with Crippen LogP contribution < -0.4 is 20.4 Å². The lowest BCUT2D eigenvalue weighted by molar-refractivity contribution is -0.385. The number of hydrogen-bond acceptors (Lipinski definition) is 11. The number of benzene rings is 3. The van der Waals surface area contributed by atoms with Crippen molar-refractivity contribution in [3.8, 4) is 0 Å². The highest BCUT2D eigenvalue weighted by Crippen LogP contribution is 2.46. The number of fused-ring (bicyclic) bond motifs is 3. The van der Waals surface area contributed by atoms with Gasteiger partial charge in [-0.2, -0.15) is 0 Å². The maximum Gasteiger partial charge on any atom is 0.270 e. The predicted molar refractivity (Wildman–Crippen MR) is 188 cm³/mol. The molecule has 258 valence electrons. The smallest absolute Gasteiger partial charge is 0.270 e. The fourth-order valence-corrected chi connectivity index (χ4v) is 8.76. The molecule has 5 heterocycles. The Hall–Kier alpha value is -4.95. The van der Waals surface area contributed by atoms with Crippen LogP contribution in [0.5, 0.6) is 0 Å². The molecule has 1 atom stereocenters. The minimum atomic E-state index is -0.965. The number of amides is 4. The van der Waals surface area contributed by atoms with Crippen LogP contribution in [-0.2, 0) is 9.59 Å². The molecule has 0 bridgehead atoms. The Bertz CT molecular complexity index is 1920. The molecular formula is C36H37N7O6S. The number of nitro benzene ring substituents is 1. The van der Waals surface area contributed by atoms with Gasteiger partial charge in [-0.15, -0.1) is 0 Å². The van der Waals surface area contributed by atoms with Gasteiger partial charge in [0, 0.05) is 79.0 Å². The Balaban J connectivity index is 0.809. The van der Waals surface area contributed by atoms with Gasteiger partial charge in [0.15, 0.2) is 0 Å². The minimum absolute atomic E-state index is 0.0960. The number of rotatable bonds is 7. The first-order chi connectivity index (χ1) is 24.2. The van der Waals surface area contributed by atoms with Crippen LogP contribution in [-0.4, -0.2) is 90.2 Å². The molecule has 3 aromatic carbocycles. The van der Waals surface area contributed by atoms with Crippen LogP contribution in [0.4, 0.5) is 28.4 Å². The molecular weight excluding hydrogens is 659 g/mol. The third-order valence-electron chi connectivity index (χ3n) is 10.6. The first kappa shape index (κ1) is 32.3. The molecule has 0 saturated carbocycles. The standard InChI is InChI=1S/C36H37N7O6S/c44-33-8-7-30(34(45)38-33)42-35(46)26-4-1-23(19-27(26)36(42)47)41-17-15-39(16-18-41)12-9-22-10-13-40(14-11-22)24-2-5-28-31(20-24)50-32-21-25(43(48)49)3-6-29(32)37-28/h1-6,19-22,30,37H,7-18H2,(H,38,44,45). The van der Waals surface area contributed by atoms with Gasteiger partial charge in [-0.1, -0.05) is 11.8 Å². The first-order valence-electron chi connectivity index (χ1n) is 17.2. The van der Waals surface area contributed by atoms with E-state index in [1.165, 1.54) is 11.8 Å². The quantitative estimate of drug-likeness (QED) is 0.158. The fraction of sp³-hybridized carbons (Fsp3) is 0.389. The number of nitrogens with zero attached hydrogens (tertiary/aromatic N) is 5. The van der Waals surface area contributed by atoms with Gasteiger partial charge in [0.1, 0.15) is 6.04 Å². The molecule has 4 amide bonds. The molecule has 50 heavy (non-hydrogen) atoms. The van der Waals surface area contributed by atoms with Crippen LogP contribution in [0.1, 0.15) is 52.8 Å². The summed E-state index contributed by atoms with van der Waals surface area (Å²) in [7, 11) is 0. The number of non-ortho nitro benzene ring substituents is 1. The molecule has 8 rings (SSSR count). The zero-order valence-electron chi connectivity index (χ0n) is 27.4. The van der Waals surface area contributed by atoms with Crippen LogP contribution in [0.25, 0.3) is 0 Å². The van der Waals surface area contributed by atoms with E-state index in [4.69, 9.17) is 0 Å². The van der Waals surface area contributed by atoms with E-state index < -0.39 is 23.8 Å². The van der Waals surface area contributed by atoms with E-state index >= 15 is 0 Å². The molecule has 3 aromatic rings. The average Bonchev–Trinajstić information content (AvgIpc) is 3.37. The molecule has 2 N–H and O–H groups in total. The zero-order chi connectivity index (χ0) is 34.5. The Kier molecular flexibility index (Phi) is 8.43. The Morgan fingerprint density at radius 2 is 1.40 bits per heavy atom. The molecule has 0 aliphatic carbocycles. The summed E-state index contributed by atoms with van der Waals surface area (Å²) < 4.78 is 0. The van der Waals surface area contributed by atoms with E-state index in [1.54, 1.807) is 36.0 Å². The lowest BCUT2D eigenvalue weighted by Crippen LogP contribution is -2.54. The van der Waals surface area contributed by atoms with Gasteiger partial charge in [-0.05, 0) is 80.6 Å². The average molecular weight is 696 g/mol. The van der Waals surface area contributed by atoms with E-state index in [1.807, 2.05) is 6.07 Å². The minimum Gasteiger partial charge on any atom is -0.371 e. The molecule has 0 spiro atoms. The third-order valence-corrected chi connectivity index (χ3v) is 11.7. The molecule has 5 aliphatic rings. The number of carbonyl (C=O) groups excluding carboxylic acids is 4. The van der Waals surface area contributed by atoms with Gasteiger partial charge in [-0.25, -0.2) is 0 Å². The van der Waals surface area contributed by atoms with Gasteiger partial charge in [-0.3, -0.25) is 44.4 Å². The van der Waals surface area contributed by atoms with Gasteiger partial charge >= 0.3 is 0 Å². The topological polar surface area (TPSA) is 148 Å². The number of anilines is 4. The van der Waals surface area contributed by atoms with E-state index in [9.17, 15) is 29.3 Å². The normalized spacial score (nSPS) is 21.0. The summed E-state index contributed by atoms with van der Waals surface area (Å²) in [5, 5.41) is 16.9. The van der Waals surface area contributed by atoms with Crippen LogP contribution in [0.3, 0.4) is 0 Å². The third kappa shape index (κ3) is 6.06. The second-order valence-electron chi connectivity index (χ2n) is 13.6. The van der Waals surface area contributed by atoms with Crippen LogP contribution in [0.15, 0.2) is 64.4 Å². The number of imide groups is 2. The molecule has 1 unspecified atom stereocenters. The van der Waals surface area contributed by atoms with E-state index in [2.05, 4.69) is 43.5 Å². The first-order valence-corrected chi connectivity index (χ1v) is 18.0. The van der Waals surface area contributed by atoms with Crippen LogP contribution in [0.2, 0.25) is 0 Å². The maximum atomic E-state index is 13.3. The SMILES string of the molecule is O=C1CCC(N2C(=O)c3ccc(N4CCN(CCC5CCN(c6ccc7c(c6)Sc6cc([N+](=O)[O-])ccc6N7)CC5)CC4)cc3C2=O)C(=O)N1. The van der Waals surface area contributed by atoms with Crippen molar-refractivity contribution < 1.29 is 24.1 Å². The van der Waals surface area contributed by atoms with Crippen molar-refractivity contribution in [3.63, 3.8) is 0 Å². The molecule has 0 aromatic heterocycles.